The summed E-state index contributed by atoms with van der Waals surface area (Å²) < 4.78 is 26.0. The second-order valence-corrected chi connectivity index (χ2v) is 3.53. The van der Waals surface area contributed by atoms with Gasteiger partial charge in [0.05, 0.1) is 0 Å². The van der Waals surface area contributed by atoms with Crippen LogP contribution in [0.15, 0.2) is 12.1 Å². The summed E-state index contributed by atoms with van der Waals surface area (Å²) in [5, 5.41) is 0. The summed E-state index contributed by atoms with van der Waals surface area (Å²) in [7, 11) is 0. The molecule has 0 heterocycles. The van der Waals surface area contributed by atoms with Crippen LogP contribution in [-0.2, 0) is 12.8 Å². The predicted octanol–water partition coefficient (Wildman–Crippen LogP) is 2.20. The van der Waals surface area contributed by atoms with E-state index in [0.717, 1.165) is 18.1 Å². The molecule has 1 atom stereocenters. The molecule has 0 bridgehead atoms. The molecule has 0 unspecified atom stereocenters. The molecule has 0 saturated carbocycles. The highest BCUT2D eigenvalue weighted by Gasteiger charge is 2.19. The fourth-order valence-corrected chi connectivity index (χ4v) is 1.81. The van der Waals surface area contributed by atoms with E-state index in [9.17, 15) is 8.78 Å². The Morgan fingerprint density at radius 3 is 2.71 bits per heavy atom. The van der Waals surface area contributed by atoms with Crippen molar-refractivity contribution in [1.29, 1.82) is 0 Å². The van der Waals surface area contributed by atoms with E-state index in [4.69, 9.17) is 5.73 Å². The van der Waals surface area contributed by atoms with Crippen LogP contribution in [0.5, 0.6) is 0 Å². The van der Waals surface area contributed by atoms with E-state index in [1.165, 1.54) is 6.07 Å². The van der Waals surface area contributed by atoms with Crippen molar-refractivity contribution >= 4 is 12.4 Å². The summed E-state index contributed by atoms with van der Waals surface area (Å²) in [5.41, 5.74) is 7.07. The quantitative estimate of drug-likeness (QED) is 0.711. The first kappa shape index (κ1) is 11.4. The normalized spacial score (nSPS) is 19.8. The van der Waals surface area contributed by atoms with E-state index in [2.05, 4.69) is 0 Å². The molecule has 0 fully saturated rings. The van der Waals surface area contributed by atoms with Gasteiger partial charge in [0.1, 0.15) is 11.6 Å². The number of hydrogen-bond acceptors (Lipinski definition) is 1. The summed E-state index contributed by atoms with van der Waals surface area (Å²) in [6, 6.07) is 2.36. The highest BCUT2D eigenvalue weighted by atomic mass is 35.5. The Morgan fingerprint density at radius 1 is 1.29 bits per heavy atom. The lowest BCUT2D eigenvalue weighted by atomic mass is 9.88. The zero-order chi connectivity index (χ0) is 9.42. The molecule has 0 spiro atoms. The van der Waals surface area contributed by atoms with Crippen LogP contribution in [0.4, 0.5) is 8.78 Å². The van der Waals surface area contributed by atoms with E-state index < -0.39 is 11.6 Å². The van der Waals surface area contributed by atoms with Gasteiger partial charge in [0.25, 0.3) is 0 Å². The third-order valence-electron chi connectivity index (χ3n) is 2.50. The number of nitrogens with two attached hydrogens (primary N) is 1. The molecule has 78 valence electrons. The summed E-state index contributed by atoms with van der Waals surface area (Å²) in [4.78, 5) is 0. The molecule has 2 rings (SSSR count). The minimum absolute atomic E-state index is 0. The summed E-state index contributed by atoms with van der Waals surface area (Å²) in [6.45, 7) is 0. The zero-order valence-electron chi connectivity index (χ0n) is 7.59. The van der Waals surface area contributed by atoms with E-state index in [1.54, 1.807) is 0 Å². The Balaban J connectivity index is 0.000000980. The maximum absolute atomic E-state index is 13.2. The smallest absolute Gasteiger partial charge is 0.129 e. The maximum atomic E-state index is 13.2. The molecule has 2 N–H and O–H groups in total. The zero-order valence-corrected chi connectivity index (χ0v) is 8.41. The van der Waals surface area contributed by atoms with Crippen LogP contribution in [0.2, 0.25) is 0 Å². The van der Waals surface area contributed by atoms with Gasteiger partial charge < -0.3 is 5.73 Å². The molecule has 1 aromatic rings. The second kappa shape index (κ2) is 4.24. The maximum Gasteiger partial charge on any atom is 0.129 e. The van der Waals surface area contributed by atoms with Gasteiger partial charge in [0, 0.05) is 12.1 Å². The van der Waals surface area contributed by atoms with E-state index in [0.29, 0.717) is 18.4 Å². The predicted molar refractivity (Wildman–Crippen MR) is 53.6 cm³/mol. The summed E-state index contributed by atoms with van der Waals surface area (Å²) in [5.74, 6) is -0.947. The van der Waals surface area contributed by atoms with Crippen LogP contribution >= 0.6 is 12.4 Å². The Labute approximate surface area is 87.7 Å². The van der Waals surface area contributed by atoms with Crippen LogP contribution in [0.1, 0.15) is 17.5 Å². The Hall–Kier alpha value is -0.670. The Morgan fingerprint density at radius 2 is 2.00 bits per heavy atom. The molecule has 1 nitrogen and oxygen atoms in total. The van der Waals surface area contributed by atoms with Crippen molar-refractivity contribution in [3.63, 3.8) is 0 Å². The Kier molecular flexibility index (Phi) is 3.45. The topological polar surface area (TPSA) is 26.0 Å². The lowest BCUT2D eigenvalue weighted by Gasteiger charge is -2.21. The van der Waals surface area contributed by atoms with Crippen molar-refractivity contribution in [1.82, 2.24) is 0 Å². The minimum atomic E-state index is -0.494. The summed E-state index contributed by atoms with van der Waals surface area (Å²) >= 11 is 0. The lowest BCUT2D eigenvalue weighted by molar-refractivity contribution is 0.518. The van der Waals surface area contributed by atoms with Crippen molar-refractivity contribution in [2.75, 3.05) is 0 Å². The fraction of sp³-hybridized carbons (Fsp3) is 0.400. The third-order valence-corrected chi connectivity index (χ3v) is 2.50. The van der Waals surface area contributed by atoms with E-state index in [1.807, 2.05) is 0 Å². The van der Waals surface area contributed by atoms with Gasteiger partial charge in [-0.05, 0) is 36.5 Å². The van der Waals surface area contributed by atoms with Gasteiger partial charge in [-0.25, -0.2) is 8.78 Å². The number of aryl methyl sites for hydroxylation is 1. The highest BCUT2D eigenvalue weighted by Crippen LogP contribution is 2.24. The minimum Gasteiger partial charge on any atom is -0.327 e. The SMILES string of the molecule is Cl.N[C@@H]1CCc2cc(F)cc(F)c2C1. The second-order valence-electron chi connectivity index (χ2n) is 3.53. The van der Waals surface area contributed by atoms with Crippen molar-refractivity contribution in [2.45, 2.75) is 25.3 Å². The van der Waals surface area contributed by atoms with Gasteiger partial charge in [-0.3, -0.25) is 0 Å². The van der Waals surface area contributed by atoms with Gasteiger partial charge in [0.15, 0.2) is 0 Å². The first-order valence-electron chi connectivity index (χ1n) is 4.39. The van der Waals surface area contributed by atoms with Gasteiger partial charge in [-0.2, -0.15) is 0 Å². The van der Waals surface area contributed by atoms with Gasteiger partial charge in [-0.15, -0.1) is 12.4 Å². The standard InChI is InChI=1S/C10H11F2N.ClH/c11-7-3-6-1-2-8(13)5-9(6)10(12)4-7;/h3-4,8H,1-2,5,13H2;1H/t8-;/m1./s1. The number of hydrogen-bond donors (Lipinski definition) is 1. The number of halogens is 3. The van der Waals surface area contributed by atoms with Crippen LogP contribution in [0, 0.1) is 11.6 Å². The van der Waals surface area contributed by atoms with E-state index >= 15 is 0 Å². The Bertz CT molecular complexity index is 341. The molecule has 1 aromatic carbocycles. The van der Waals surface area contributed by atoms with E-state index in [-0.39, 0.29) is 18.4 Å². The molecule has 14 heavy (non-hydrogen) atoms. The van der Waals surface area contributed by atoms with Gasteiger partial charge in [-0.1, -0.05) is 0 Å². The fourth-order valence-electron chi connectivity index (χ4n) is 1.81. The van der Waals surface area contributed by atoms with Gasteiger partial charge >= 0.3 is 0 Å². The van der Waals surface area contributed by atoms with Crippen molar-refractivity contribution in [3.05, 3.63) is 34.9 Å². The average Bonchev–Trinajstić information content (AvgIpc) is 2.06. The van der Waals surface area contributed by atoms with Crippen molar-refractivity contribution < 1.29 is 8.78 Å². The molecule has 0 radical (unpaired) electrons. The monoisotopic (exact) mass is 219 g/mol. The molecule has 0 aromatic heterocycles. The molecule has 1 aliphatic rings. The molecule has 1 aliphatic carbocycles. The van der Waals surface area contributed by atoms with Gasteiger partial charge in [0.2, 0.25) is 0 Å². The third kappa shape index (κ3) is 2.04. The first-order valence-corrected chi connectivity index (χ1v) is 4.39. The van der Waals surface area contributed by atoms with Crippen LogP contribution in [0.3, 0.4) is 0 Å². The number of benzene rings is 1. The highest BCUT2D eigenvalue weighted by molar-refractivity contribution is 5.85. The molecule has 0 amide bonds. The van der Waals surface area contributed by atoms with Crippen molar-refractivity contribution in [2.24, 2.45) is 5.73 Å². The number of rotatable bonds is 0. The summed E-state index contributed by atoms with van der Waals surface area (Å²) in [6.07, 6.45) is 2.03. The molecule has 0 saturated heterocycles. The van der Waals surface area contributed by atoms with Crippen LogP contribution in [0.25, 0.3) is 0 Å². The van der Waals surface area contributed by atoms with Crippen LogP contribution < -0.4 is 5.73 Å². The lowest BCUT2D eigenvalue weighted by Crippen LogP contribution is -2.28. The molecule has 4 heteroatoms. The first-order chi connectivity index (χ1) is 6.16. The number of fused-ring (bicyclic) bond motifs is 1. The van der Waals surface area contributed by atoms with Crippen molar-refractivity contribution in [3.8, 4) is 0 Å². The van der Waals surface area contributed by atoms with Crippen LogP contribution in [-0.4, -0.2) is 6.04 Å². The molecular formula is C10H12ClF2N. The largest absolute Gasteiger partial charge is 0.327 e. The molecule has 0 aliphatic heterocycles. The molecular weight excluding hydrogens is 208 g/mol. The average molecular weight is 220 g/mol.